The largest absolute Gasteiger partial charge is 0.298 e. The van der Waals surface area contributed by atoms with Gasteiger partial charge in [-0.1, -0.05) is 48.5 Å². The lowest BCUT2D eigenvalue weighted by Crippen LogP contribution is -2.13. The third-order valence-electron chi connectivity index (χ3n) is 3.88. The van der Waals surface area contributed by atoms with Crippen molar-refractivity contribution in [1.29, 1.82) is 0 Å². The number of hydrogen-bond donors (Lipinski definition) is 1. The highest BCUT2D eigenvalue weighted by atomic mass is 32.1. The second-order valence-electron chi connectivity index (χ2n) is 5.69. The summed E-state index contributed by atoms with van der Waals surface area (Å²) in [6.45, 7) is 1.89. The number of fused-ring (bicyclic) bond motifs is 1. The molecule has 122 valence electrons. The monoisotopic (exact) mass is 345 g/mol. The van der Waals surface area contributed by atoms with E-state index in [0.29, 0.717) is 10.7 Å². The summed E-state index contributed by atoms with van der Waals surface area (Å²) < 4.78 is 0. The number of aromatic nitrogens is 2. The van der Waals surface area contributed by atoms with Crippen molar-refractivity contribution in [2.75, 3.05) is 5.32 Å². The van der Waals surface area contributed by atoms with Gasteiger partial charge in [0, 0.05) is 22.0 Å². The summed E-state index contributed by atoms with van der Waals surface area (Å²) in [5.74, 6) is -0.171. The van der Waals surface area contributed by atoms with E-state index in [1.165, 1.54) is 11.3 Å². The number of thiazole rings is 1. The standard InChI is InChI=1S/C20H15N3OS/c1-13-11-16(15-9-5-6-10-17(15)21-13)19(24)23-20-22-18(12-25-20)14-7-3-2-4-8-14/h2-12H,1H3,(H,22,23,24). The fraction of sp³-hybridized carbons (Fsp3) is 0.0500. The summed E-state index contributed by atoms with van der Waals surface area (Å²) in [4.78, 5) is 21.7. The number of amides is 1. The third kappa shape index (κ3) is 3.14. The van der Waals surface area contributed by atoms with Crippen LogP contribution in [0.2, 0.25) is 0 Å². The van der Waals surface area contributed by atoms with Gasteiger partial charge in [-0.25, -0.2) is 4.98 Å². The molecule has 0 aliphatic heterocycles. The fourth-order valence-corrected chi connectivity index (χ4v) is 3.45. The molecule has 0 aliphatic carbocycles. The van der Waals surface area contributed by atoms with Gasteiger partial charge in [0.1, 0.15) is 0 Å². The molecule has 0 bridgehead atoms. The van der Waals surface area contributed by atoms with Gasteiger partial charge in [0.05, 0.1) is 16.8 Å². The lowest BCUT2D eigenvalue weighted by molar-refractivity contribution is 0.102. The minimum atomic E-state index is -0.171. The fourth-order valence-electron chi connectivity index (χ4n) is 2.73. The number of nitrogens with one attached hydrogen (secondary N) is 1. The van der Waals surface area contributed by atoms with Crippen molar-refractivity contribution in [3.63, 3.8) is 0 Å². The molecule has 0 unspecified atom stereocenters. The highest BCUT2D eigenvalue weighted by Crippen LogP contribution is 2.26. The maximum atomic E-state index is 12.8. The molecule has 2 heterocycles. The Morgan fingerprint density at radius 1 is 1.00 bits per heavy atom. The average molecular weight is 345 g/mol. The molecule has 0 atom stereocenters. The van der Waals surface area contributed by atoms with E-state index in [1.807, 2.05) is 73.0 Å². The van der Waals surface area contributed by atoms with Gasteiger partial charge in [-0.15, -0.1) is 11.3 Å². The number of carbonyl (C=O) groups excluding carboxylic acids is 1. The van der Waals surface area contributed by atoms with Crippen molar-refractivity contribution in [2.24, 2.45) is 0 Å². The molecule has 4 nitrogen and oxygen atoms in total. The van der Waals surface area contributed by atoms with Crippen molar-refractivity contribution >= 4 is 33.3 Å². The first-order valence-corrected chi connectivity index (χ1v) is 8.77. The molecule has 0 fully saturated rings. The maximum absolute atomic E-state index is 12.8. The van der Waals surface area contributed by atoms with Crippen LogP contribution in [0.15, 0.2) is 66.0 Å². The Morgan fingerprint density at radius 2 is 1.76 bits per heavy atom. The van der Waals surface area contributed by atoms with E-state index in [2.05, 4.69) is 15.3 Å². The van der Waals surface area contributed by atoms with Crippen LogP contribution >= 0.6 is 11.3 Å². The number of benzene rings is 2. The number of aryl methyl sites for hydroxylation is 1. The number of anilines is 1. The predicted molar refractivity (Wildman–Crippen MR) is 102 cm³/mol. The molecule has 25 heavy (non-hydrogen) atoms. The zero-order valence-electron chi connectivity index (χ0n) is 13.6. The molecule has 2 aromatic carbocycles. The molecule has 1 amide bonds. The van der Waals surface area contributed by atoms with E-state index >= 15 is 0 Å². The molecule has 2 aromatic heterocycles. The Hall–Kier alpha value is -3.05. The van der Waals surface area contributed by atoms with Crippen molar-refractivity contribution in [3.05, 3.63) is 77.3 Å². The van der Waals surface area contributed by atoms with E-state index in [9.17, 15) is 4.79 Å². The van der Waals surface area contributed by atoms with Gasteiger partial charge in [-0.05, 0) is 19.1 Å². The van der Waals surface area contributed by atoms with Crippen molar-refractivity contribution < 1.29 is 4.79 Å². The molecule has 1 N–H and O–H groups in total. The van der Waals surface area contributed by atoms with Gasteiger partial charge in [-0.3, -0.25) is 15.1 Å². The van der Waals surface area contributed by atoms with Gasteiger partial charge >= 0.3 is 0 Å². The predicted octanol–water partition coefficient (Wildman–Crippen LogP) is 4.92. The maximum Gasteiger partial charge on any atom is 0.258 e. The normalized spacial score (nSPS) is 10.8. The van der Waals surface area contributed by atoms with Crippen LogP contribution in [0.1, 0.15) is 16.1 Å². The van der Waals surface area contributed by atoms with Gasteiger partial charge in [-0.2, -0.15) is 0 Å². The van der Waals surface area contributed by atoms with Gasteiger partial charge in [0.25, 0.3) is 5.91 Å². The molecule has 5 heteroatoms. The number of carbonyl (C=O) groups is 1. The van der Waals surface area contributed by atoms with Gasteiger partial charge < -0.3 is 0 Å². The van der Waals surface area contributed by atoms with E-state index in [4.69, 9.17) is 0 Å². The zero-order valence-corrected chi connectivity index (χ0v) is 14.4. The van der Waals surface area contributed by atoms with Gasteiger partial charge in [0.15, 0.2) is 5.13 Å². The molecule has 0 aliphatic rings. The third-order valence-corrected chi connectivity index (χ3v) is 4.64. The molecular weight excluding hydrogens is 330 g/mol. The molecule has 0 saturated carbocycles. The first kappa shape index (κ1) is 15.5. The number of pyridine rings is 1. The number of nitrogens with zero attached hydrogens (tertiary/aromatic N) is 2. The average Bonchev–Trinajstić information content (AvgIpc) is 3.10. The quantitative estimate of drug-likeness (QED) is 0.573. The van der Waals surface area contributed by atoms with E-state index < -0.39 is 0 Å². The Labute approximate surface area is 149 Å². The second kappa shape index (κ2) is 6.45. The minimum absolute atomic E-state index is 0.171. The molecule has 4 rings (SSSR count). The second-order valence-corrected chi connectivity index (χ2v) is 6.54. The van der Waals surface area contributed by atoms with Crippen molar-refractivity contribution in [2.45, 2.75) is 6.92 Å². The highest BCUT2D eigenvalue weighted by molar-refractivity contribution is 7.14. The van der Waals surface area contributed by atoms with Crippen LogP contribution in [0.25, 0.3) is 22.2 Å². The van der Waals surface area contributed by atoms with Crippen LogP contribution in [0.5, 0.6) is 0 Å². The Balaban J connectivity index is 1.64. The molecular formula is C20H15N3OS. The molecule has 0 spiro atoms. The van der Waals surface area contributed by atoms with Crippen LogP contribution in [0.3, 0.4) is 0 Å². The summed E-state index contributed by atoms with van der Waals surface area (Å²) in [7, 11) is 0. The molecule has 0 radical (unpaired) electrons. The SMILES string of the molecule is Cc1cc(C(=O)Nc2nc(-c3ccccc3)cs2)c2ccccc2n1. The summed E-state index contributed by atoms with van der Waals surface area (Å²) in [5.41, 5.74) is 4.13. The van der Waals surface area contributed by atoms with Crippen LogP contribution in [0, 0.1) is 6.92 Å². The van der Waals surface area contributed by atoms with E-state index in [0.717, 1.165) is 27.9 Å². The first-order chi connectivity index (χ1) is 12.2. The minimum Gasteiger partial charge on any atom is -0.298 e. The number of rotatable bonds is 3. The summed E-state index contributed by atoms with van der Waals surface area (Å²) in [6, 6.07) is 19.4. The first-order valence-electron chi connectivity index (χ1n) is 7.89. The zero-order chi connectivity index (χ0) is 17.2. The molecule has 4 aromatic rings. The Bertz CT molecular complexity index is 1060. The van der Waals surface area contributed by atoms with Crippen LogP contribution in [0.4, 0.5) is 5.13 Å². The lowest BCUT2D eigenvalue weighted by Gasteiger charge is -2.07. The Kier molecular flexibility index (Phi) is 3.99. The smallest absolute Gasteiger partial charge is 0.258 e. The van der Waals surface area contributed by atoms with Gasteiger partial charge in [0.2, 0.25) is 0 Å². The lowest BCUT2D eigenvalue weighted by atomic mass is 10.1. The van der Waals surface area contributed by atoms with Crippen LogP contribution < -0.4 is 5.32 Å². The van der Waals surface area contributed by atoms with E-state index in [1.54, 1.807) is 0 Å². The topological polar surface area (TPSA) is 54.9 Å². The summed E-state index contributed by atoms with van der Waals surface area (Å²) in [6.07, 6.45) is 0. The molecule has 0 saturated heterocycles. The van der Waals surface area contributed by atoms with Crippen LogP contribution in [-0.4, -0.2) is 15.9 Å². The van der Waals surface area contributed by atoms with E-state index in [-0.39, 0.29) is 5.91 Å². The summed E-state index contributed by atoms with van der Waals surface area (Å²) >= 11 is 1.42. The van der Waals surface area contributed by atoms with Crippen molar-refractivity contribution in [3.8, 4) is 11.3 Å². The number of hydrogen-bond acceptors (Lipinski definition) is 4. The summed E-state index contributed by atoms with van der Waals surface area (Å²) in [5, 5.41) is 6.28. The van der Waals surface area contributed by atoms with Crippen molar-refractivity contribution in [1.82, 2.24) is 9.97 Å². The highest BCUT2D eigenvalue weighted by Gasteiger charge is 2.14. The van der Waals surface area contributed by atoms with Crippen LogP contribution in [-0.2, 0) is 0 Å². The number of para-hydroxylation sites is 1. The Morgan fingerprint density at radius 3 is 2.60 bits per heavy atom.